The average Bonchev–Trinajstić information content (AvgIpc) is 2.24. The van der Waals surface area contributed by atoms with Gasteiger partial charge in [0.1, 0.15) is 11.6 Å². The van der Waals surface area contributed by atoms with E-state index in [2.05, 4.69) is 34.4 Å². The third-order valence-corrected chi connectivity index (χ3v) is 2.00. The Hall–Kier alpha value is -1.16. The quantitative estimate of drug-likeness (QED) is 0.740. The zero-order chi connectivity index (χ0) is 11.1. The van der Waals surface area contributed by atoms with Crippen LogP contribution in [0.15, 0.2) is 12.3 Å². The minimum atomic E-state index is 0.626. The van der Waals surface area contributed by atoms with Gasteiger partial charge in [0.2, 0.25) is 0 Å². The predicted octanol–water partition coefficient (Wildman–Crippen LogP) is 1.31. The van der Waals surface area contributed by atoms with Crippen LogP contribution in [0.4, 0.5) is 5.82 Å². The highest BCUT2D eigenvalue weighted by molar-refractivity contribution is 5.32. The van der Waals surface area contributed by atoms with Crippen LogP contribution in [0.2, 0.25) is 0 Å². The van der Waals surface area contributed by atoms with Gasteiger partial charge in [-0.1, -0.05) is 13.8 Å². The maximum absolute atomic E-state index is 4.42. The number of nitrogens with zero attached hydrogens (tertiary/aromatic N) is 2. The summed E-state index contributed by atoms with van der Waals surface area (Å²) in [5.41, 5.74) is 0. The second kappa shape index (κ2) is 6.35. The zero-order valence-electron chi connectivity index (χ0n) is 9.75. The molecular weight excluding hydrogens is 188 g/mol. The minimum absolute atomic E-state index is 0.626. The molecule has 2 N–H and O–H groups in total. The van der Waals surface area contributed by atoms with Crippen LogP contribution in [0, 0.1) is 5.92 Å². The monoisotopic (exact) mass is 208 g/mol. The lowest BCUT2D eigenvalue weighted by molar-refractivity contribution is 0.685. The van der Waals surface area contributed by atoms with E-state index < -0.39 is 0 Å². The summed E-state index contributed by atoms with van der Waals surface area (Å²) in [5, 5.41) is 6.37. The van der Waals surface area contributed by atoms with Gasteiger partial charge in [-0.15, -0.1) is 0 Å². The Kier molecular flexibility index (Phi) is 5.04. The van der Waals surface area contributed by atoms with Crippen LogP contribution in [0.25, 0.3) is 0 Å². The van der Waals surface area contributed by atoms with Gasteiger partial charge in [0.15, 0.2) is 0 Å². The van der Waals surface area contributed by atoms with Gasteiger partial charge in [-0.3, -0.25) is 0 Å². The van der Waals surface area contributed by atoms with Crippen molar-refractivity contribution in [3.63, 3.8) is 0 Å². The largest absolute Gasteiger partial charge is 0.370 e. The molecule has 0 aliphatic rings. The molecule has 0 fully saturated rings. The van der Waals surface area contributed by atoms with E-state index in [1.807, 2.05) is 13.1 Å². The van der Waals surface area contributed by atoms with Crippen molar-refractivity contribution in [3.05, 3.63) is 18.1 Å². The number of anilines is 1. The molecule has 15 heavy (non-hydrogen) atoms. The molecule has 0 saturated carbocycles. The van der Waals surface area contributed by atoms with Gasteiger partial charge >= 0.3 is 0 Å². The fourth-order valence-corrected chi connectivity index (χ4v) is 1.16. The Bertz CT molecular complexity index is 286. The summed E-state index contributed by atoms with van der Waals surface area (Å²) in [5.74, 6) is 2.43. The summed E-state index contributed by atoms with van der Waals surface area (Å²) in [4.78, 5) is 8.63. The Balaban J connectivity index is 2.50. The SMILES string of the molecule is CNCCc1nccc(NCC(C)C)n1. The maximum atomic E-state index is 4.42. The lowest BCUT2D eigenvalue weighted by Gasteiger charge is -2.08. The molecule has 0 radical (unpaired) electrons. The lowest BCUT2D eigenvalue weighted by Crippen LogP contribution is -2.14. The molecule has 1 aromatic heterocycles. The highest BCUT2D eigenvalue weighted by Crippen LogP contribution is 2.03. The van der Waals surface area contributed by atoms with Crippen LogP contribution in [-0.4, -0.2) is 30.1 Å². The average molecular weight is 208 g/mol. The molecular formula is C11H20N4. The van der Waals surface area contributed by atoms with Gasteiger partial charge in [0, 0.05) is 25.7 Å². The van der Waals surface area contributed by atoms with E-state index in [1.54, 1.807) is 6.20 Å². The van der Waals surface area contributed by atoms with Crippen molar-refractivity contribution >= 4 is 5.82 Å². The third-order valence-electron chi connectivity index (χ3n) is 2.00. The molecule has 0 saturated heterocycles. The molecule has 0 bridgehead atoms. The lowest BCUT2D eigenvalue weighted by atomic mass is 10.2. The second-order valence-electron chi connectivity index (χ2n) is 3.99. The molecule has 1 rings (SSSR count). The van der Waals surface area contributed by atoms with Crippen molar-refractivity contribution in [1.29, 1.82) is 0 Å². The molecule has 0 aromatic carbocycles. The number of aromatic nitrogens is 2. The summed E-state index contributed by atoms with van der Waals surface area (Å²) in [6.45, 7) is 6.21. The highest BCUT2D eigenvalue weighted by atomic mass is 15.0. The third kappa shape index (κ3) is 4.74. The first-order chi connectivity index (χ1) is 7.22. The predicted molar refractivity (Wildman–Crippen MR) is 63.0 cm³/mol. The molecule has 4 nitrogen and oxygen atoms in total. The van der Waals surface area contributed by atoms with E-state index >= 15 is 0 Å². The van der Waals surface area contributed by atoms with Crippen LogP contribution >= 0.6 is 0 Å². The summed E-state index contributed by atoms with van der Waals surface area (Å²) in [7, 11) is 1.93. The van der Waals surface area contributed by atoms with Crippen LogP contribution in [0.1, 0.15) is 19.7 Å². The molecule has 84 valence electrons. The van der Waals surface area contributed by atoms with Crippen molar-refractivity contribution in [2.45, 2.75) is 20.3 Å². The van der Waals surface area contributed by atoms with Crippen LogP contribution in [-0.2, 0) is 6.42 Å². The maximum Gasteiger partial charge on any atom is 0.131 e. The van der Waals surface area contributed by atoms with E-state index in [0.717, 1.165) is 31.2 Å². The first-order valence-electron chi connectivity index (χ1n) is 5.42. The van der Waals surface area contributed by atoms with E-state index in [9.17, 15) is 0 Å². The fraction of sp³-hybridized carbons (Fsp3) is 0.636. The van der Waals surface area contributed by atoms with E-state index in [-0.39, 0.29) is 0 Å². The van der Waals surface area contributed by atoms with Gasteiger partial charge in [0.05, 0.1) is 0 Å². The molecule has 0 aliphatic heterocycles. The van der Waals surface area contributed by atoms with Gasteiger partial charge in [0.25, 0.3) is 0 Å². The molecule has 0 amide bonds. The molecule has 1 aromatic rings. The van der Waals surface area contributed by atoms with Crippen molar-refractivity contribution in [1.82, 2.24) is 15.3 Å². The number of hydrogen-bond acceptors (Lipinski definition) is 4. The number of rotatable bonds is 6. The normalized spacial score (nSPS) is 10.7. The number of hydrogen-bond donors (Lipinski definition) is 2. The van der Waals surface area contributed by atoms with Crippen LogP contribution in [0.3, 0.4) is 0 Å². The Morgan fingerprint density at radius 3 is 2.87 bits per heavy atom. The Morgan fingerprint density at radius 2 is 2.20 bits per heavy atom. The van der Waals surface area contributed by atoms with Crippen molar-refractivity contribution in [3.8, 4) is 0 Å². The van der Waals surface area contributed by atoms with Crippen LogP contribution in [0.5, 0.6) is 0 Å². The molecule has 4 heteroatoms. The molecule has 0 aliphatic carbocycles. The highest BCUT2D eigenvalue weighted by Gasteiger charge is 1.99. The molecule has 0 spiro atoms. The zero-order valence-corrected chi connectivity index (χ0v) is 9.75. The van der Waals surface area contributed by atoms with Gasteiger partial charge < -0.3 is 10.6 Å². The topological polar surface area (TPSA) is 49.8 Å². The summed E-state index contributed by atoms with van der Waals surface area (Å²) in [6.07, 6.45) is 2.67. The molecule has 0 atom stereocenters. The van der Waals surface area contributed by atoms with E-state index in [0.29, 0.717) is 5.92 Å². The first-order valence-corrected chi connectivity index (χ1v) is 5.42. The van der Waals surface area contributed by atoms with Crippen LogP contribution < -0.4 is 10.6 Å². The number of likely N-dealkylation sites (N-methyl/N-ethyl adjacent to an activating group) is 1. The van der Waals surface area contributed by atoms with Gasteiger partial charge in [-0.25, -0.2) is 9.97 Å². The molecule has 1 heterocycles. The van der Waals surface area contributed by atoms with Gasteiger partial charge in [-0.05, 0) is 19.0 Å². The second-order valence-corrected chi connectivity index (χ2v) is 3.99. The van der Waals surface area contributed by atoms with Crippen molar-refractivity contribution in [2.24, 2.45) is 5.92 Å². The Labute approximate surface area is 91.5 Å². The van der Waals surface area contributed by atoms with E-state index in [1.165, 1.54) is 0 Å². The standard InChI is InChI=1S/C11H20N4/c1-9(2)8-14-11-5-7-13-10(15-11)4-6-12-3/h5,7,9,12H,4,6,8H2,1-3H3,(H,13,14,15). The minimum Gasteiger partial charge on any atom is -0.370 e. The fourth-order valence-electron chi connectivity index (χ4n) is 1.16. The van der Waals surface area contributed by atoms with Gasteiger partial charge in [-0.2, -0.15) is 0 Å². The summed E-state index contributed by atoms with van der Waals surface area (Å²) in [6, 6.07) is 1.91. The molecule has 0 unspecified atom stereocenters. The van der Waals surface area contributed by atoms with E-state index in [4.69, 9.17) is 0 Å². The number of nitrogens with one attached hydrogen (secondary N) is 2. The summed E-state index contributed by atoms with van der Waals surface area (Å²) < 4.78 is 0. The Morgan fingerprint density at radius 1 is 1.40 bits per heavy atom. The summed E-state index contributed by atoms with van der Waals surface area (Å²) >= 11 is 0. The van der Waals surface area contributed by atoms with Crippen molar-refractivity contribution in [2.75, 3.05) is 25.5 Å². The first kappa shape index (κ1) is 11.9. The van der Waals surface area contributed by atoms with Crippen molar-refractivity contribution < 1.29 is 0 Å². The smallest absolute Gasteiger partial charge is 0.131 e.